The van der Waals surface area contributed by atoms with Gasteiger partial charge in [0.25, 0.3) is 0 Å². The highest BCUT2D eigenvalue weighted by Gasteiger charge is 2.12. The molecular formula is C21H22N4O2. The summed E-state index contributed by atoms with van der Waals surface area (Å²) in [5.74, 6) is 2.94. The largest absolute Gasteiger partial charge is 0.486 e. The van der Waals surface area contributed by atoms with Crippen molar-refractivity contribution in [1.82, 2.24) is 9.97 Å². The highest BCUT2D eigenvalue weighted by atomic mass is 16.6. The maximum absolute atomic E-state index is 5.63. The Balaban J connectivity index is 1.55. The Bertz CT molecular complexity index is 965. The number of benzene rings is 2. The van der Waals surface area contributed by atoms with Gasteiger partial charge in [-0.15, -0.1) is 0 Å². The van der Waals surface area contributed by atoms with E-state index < -0.39 is 0 Å². The Morgan fingerprint density at radius 3 is 2.19 bits per heavy atom. The van der Waals surface area contributed by atoms with Crippen LogP contribution < -0.4 is 20.1 Å². The molecule has 2 N–H and O–H groups in total. The molecule has 27 heavy (non-hydrogen) atoms. The number of ether oxygens (including phenoxy) is 2. The Labute approximate surface area is 158 Å². The number of fused-ring (bicyclic) bond motifs is 1. The number of aryl methyl sites for hydroxylation is 3. The standard InChI is InChI=1S/C21H22N4O2/c1-13-8-14(2)21(15(3)9-13)25-20-11-19(22-12-23-20)24-16-4-5-17-18(10-16)27-7-6-26-17/h4-5,8-12H,6-7H2,1-3H3,(H2,22,23,24,25). The zero-order chi connectivity index (χ0) is 18.8. The Hall–Kier alpha value is -3.28. The van der Waals surface area contributed by atoms with Crippen molar-refractivity contribution in [1.29, 1.82) is 0 Å². The van der Waals surface area contributed by atoms with Gasteiger partial charge in [-0.3, -0.25) is 0 Å². The van der Waals surface area contributed by atoms with E-state index in [1.165, 1.54) is 16.7 Å². The molecule has 6 heteroatoms. The lowest BCUT2D eigenvalue weighted by Gasteiger charge is -2.19. The SMILES string of the molecule is Cc1cc(C)c(Nc2cc(Nc3ccc4c(c3)OCCO4)ncn2)c(C)c1. The molecule has 4 rings (SSSR count). The lowest BCUT2D eigenvalue weighted by Crippen LogP contribution is -2.15. The van der Waals surface area contributed by atoms with E-state index in [-0.39, 0.29) is 0 Å². The molecule has 0 atom stereocenters. The van der Waals surface area contributed by atoms with Gasteiger partial charge in [-0.05, 0) is 44.0 Å². The van der Waals surface area contributed by atoms with Crippen LogP contribution in [0.3, 0.4) is 0 Å². The minimum absolute atomic E-state index is 0.563. The number of nitrogens with zero attached hydrogens (tertiary/aromatic N) is 2. The Morgan fingerprint density at radius 2 is 1.44 bits per heavy atom. The van der Waals surface area contributed by atoms with Gasteiger partial charge in [0.1, 0.15) is 31.2 Å². The van der Waals surface area contributed by atoms with Gasteiger partial charge in [0, 0.05) is 23.5 Å². The average Bonchev–Trinajstić information content (AvgIpc) is 2.65. The van der Waals surface area contributed by atoms with Gasteiger partial charge in [-0.25, -0.2) is 9.97 Å². The van der Waals surface area contributed by atoms with Crippen LogP contribution in [0.2, 0.25) is 0 Å². The van der Waals surface area contributed by atoms with Gasteiger partial charge in [0.2, 0.25) is 0 Å². The van der Waals surface area contributed by atoms with Crippen molar-refractivity contribution < 1.29 is 9.47 Å². The molecule has 138 valence electrons. The molecule has 1 aliphatic rings. The van der Waals surface area contributed by atoms with Crippen LogP contribution in [0, 0.1) is 20.8 Å². The van der Waals surface area contributed by atoms with E-state index >= 15 is 0 Å². The van der Waals surface area contributed by atoms with Crippen molar-refractivity contribution in [2.24, 2.45) is 0 Å². The summed E-state index contributed by atoms with van der Waals surface area (Å²) in [5.41, 5.74) is 5.58. The summed E-state index contributed by atoms with van der Waals surface area (Å²) in [4.78, 5) is 8.66. The molecule has 1 aliphatic heterocycles. The minimum Gasteiger partial charge on any atom is -0.486 e. The summed E-state index contributed by atoms with van der Waals surface area (Å²) in [6.45, 7) is 7.44. The molecule has 0 bridgehead atoms. The molecule has 0 fully saturated rings. The minimum atomic E-state index is 0.563. The summed E-state index contributed by atoms with van der Waals surface area (Å²) in [7, 11) is 0. The first-order valence-electron chi connectivity index (χ1n) is 8.92. The summed E-state index contributed by atoms with van der Waals surface area (Å²) in [6, 6.07) is 12.0. The summed E-state index contributed by atoms with van der Waals surface area (Å²) >= 11 is 0. The Morgan fingerprint density at radius 1 is 0.778 bits per heavy atom. The van der Waals surface area contributed by atoms with Crippen LogP contribution >= 0.6 is 0 Å². The van der Waals surface area contributed by atoms with Gasteiger partial charge in [0.15, 0.2) is 11.5 Å². The predicted molar refractivity (Wildman–Crippen MR) is 107 cm³/mol. The normalized spacial score (nSPS) is 12.6. The highest BCUT2D eigenvalue weighted by Crippen LogP contribution is 2.33. The maximum atomic E-state index is 5.63. The molecule has 2 aromatic carbocycles. The zero-order valence-corrected chi connectivity index (χ0v) is 15.7. The predicted octanol–water partition coefficient (Wildman–Crippen LogP) is 4.66. The zero-order valence-electron chi connectivity index (χ0n) is 15.7. The Kier molecular flexibility index (Phi) is 4.54. The fourth-order valence-corrected chi connectivity index (χ4v) is 3.27. The van der Waals surface area contributed by atoms with Gasteiger partial charge in [-0.1, -0.05) is 17.7 Å². The van der Waals surface area contributed by atoms with Gasteiger partial charge in [-0.2, -0.15) is 0 Å². The fraction of sp³-hybridized carbons (Fsp3) is 0.238. The third-order valence-electron chi connectivity index (χ3n) is 4.41. The van der Waals surface area contributed by atoms with Crippen molar-refractivity contribution in [2.75, 3.05) is 23.8 Å². The van der Waals surface area contributed by atoms with Crippen LogP contribution in [0.1, 0.15) is 16.7 Å². The van der Waals surface area contributed by atoms with E-state index in [1.54, 1.807) is 6.33 Å². The van der Waals surface area contributed by atoms with E-state index in [0.717, 1.165) is 28.7 Å². The lowest BCUT2D eigenvalue weighted by molar-refractivity contribution is 0.171. The molecule has 0 saturated heterocycles. The average molecular weight is 362 g/mol. The second kappa shape index (κ2) is 7.15. The fourth-order valence-electron chi connectivity index (χ4n) is 3.27. The molecule has 2 heterocycles. The molecule has 0 spiro atoms. The molecule has 0 unspecified atom stereocenters. The monoisotopic (exact) mass is 362 g/mol. The van der Waals surface area contributed by atoms with Crippen molar-refractivity contribution in [3.63, 3.8) is 0 Å². The van der Waals surface area contributed by atoms with E-state index in [0.29, 0.717) is 19.0 Å². The van der Waals surface area contributed by atoms with Crippen molar-refractivity contribution in [3.8, 4) is 11.5 Å². The van der Waals surface area contributed by atoms with E-state index in [4.69, 9.17) is 9.47 Å². The van der Waals surface area contributed by atoms with Crippen molar-refractivity contribution in [2.45, 2.75) is 20.8 Å². The van der Waals surface area contributed by atoms with Gasteiger partial charge in [0.05, 0.1) is 0 Å². The first kappa shape index (κ1) is 17.1. The molecule has 0 saturated carbocycles. The molecule has 1 aromatic heterocycles. The van der Waals surface area contributed by atoms with Crippen LogP contribution in [0.5, 0.6) is 11.5 Å². The summed E-state index contributed by atoms with van der Waals surface area (Å²) in [5, 5.41) is 6.70. The lowest BCUT2D eigenvalue weighted by atomic mass is 10.1. The molecule has 0 amide bonds. The van der Waals surface area contributed by atoms with Crippen LogP contribution in [-0.4, -0.2) is 23.2 Å². The molecule has 3 aromatic rings. The number of hydrogen-bond donors (Lipinski definition) is 2. The molecule has 0 radical (unpaired) electrons. The van der Waals surface area contributed by atoms with E-state index in [1.807, 2.05) is 24.3 Å². The van der Waals surface area contributed by atoms with Crippen molar-refractivity contribution >= 4 is 23.0 Å². The van der Waals surface area contributed by atoms with Crippen LogP contribution in [0.15, 0.2) is 42.7 Å². The van der Waals surface area contributed by atoms with Crippen LogP contribution in [-0.2, 0) is 0 Å². The van der Waals surface area contributed by atoms with Crippen LogP contribution in [0.4, 0.5) is 23.0 Å². The second-order valence-corrected chi connectivity index (χ2v) is 6.67. The van der Waals surface area contributed by atoms with E-state index in [9.17, 15) is 0 Å². The van der Waals surface area contributed by atoms with Gasteiger partial charge < -0.3 is 20.1 Å². The smallest absolute Gasteiger partial charge is 0.163 e. The number of anilines is 4. The number of nitrogens with one attached hydrogen (secondary N) is 2. The number of hydrogen-bond acceptors (Lipinski definition) is 6. The first-order valence-corrected chi connectivity index (χ1v) is 8.92. The van der Waals surface area contributed by atoms with E-state index in [2.05, 4.69) is 53.5 Å². The first-order chi connectivity index (χ1) is 13.1. The molecular weight excluding hydrogens is 340 g/mol. The second-order valence-electron chi connectivity index (χ2n) is 6.67. The third kappa shape index (κ3) is 3.79. The maximum Gasteiger partial charge on any atom is 0.163 e. The van der Waals surface area contributed by atoms with Gasteiger partial charge >= 0.3 is 0 Å². The number of rotatable bonds is 4. The molecule has 0 aliphatic carbocycles. The third-order valence-corrected chi connectivity index (χ3v) is 4.41. The summed E-state index contributed by atoms with van der Waals surface area (Å²) < 4.78 is 11.2. The molecule has 6 nitrogen and oxygen atoms in total. The quantitative estimate of drug-likeness (QED) is 0.703. The van der Waals surface area contributed by atoms with Crippen LogP contribution in [0.25, 0.3) is 0 Å². The summed E-state index contributed by atoms with van der Waals surface area (Å²) in [6.07, 6.45) is 1.54. The topological polar surface area (TPSA) is 68.3 Å². The van der Waals surface area contributed by atoms with Crippen molar-refractivity contribution in [3.05, 3.63) is 59.4 Å². The highest BCUT2D eigenvalue weighted by molar-refractivity contribution is 5.68. The number of aromatic nitrogens is 2.